The third-order valence-corrected chi connectivity index (χ3v) is 5.56. The summed E-state index contributed by atoms with van der Waals surface area (Å²) < 4.78 is 5.58. The number of carbonyl (C=O) groups excluding carboxylic acids is 2. The third kappa shape index (κ3) is 2.27. The number of hydrogen-bond donors (Lipinski definition) is 0. The summed E-state index contributed by atoms with van der Waals surface area (Å²) in [5.74, 6) is 0.355. The standard InChI is InChI=1S/C21H23NO3/c1-4-11-25-14-7-5-13(6-8-14)22-20(23)18-15-9-10-16(17(15)12(2)3)19(18)21(22)24/h5-10,15-16,18-19H,4,11H2,1-3H3/t15-,16-,18-,19-/m0/s1. The Bertz CT molecular complexity index is 752. The number of fused-ring (bicyclic) bond motifs is 5. The minimum absolute atomic E-state index is 0.0622. The topological polar surface area (TPSA) is 46.6 Å². The molecule has 2 aliphatic carbocycles. The van der Waals surface area contributed by atoms with E-state index < -0.39 is 0 Å². The summed E-state index contributed by atoms with van der Waals surface area (Å²) in [6.45, 7) is 6.86. The number of nitrogens with zero attached hydrogens (tertiary/aromatic N) is 1. The Morgan fingerprint density at radius 1 is 1.00 bits per heavy atom. The van der Waals surface area contributed by atoms with Gasteiger partial charge in [0.2, 0.25) is 11.8 Å². The van der Waals surface area contributed by atoms with E-state index in [0.29, 0.717) is 12.3 Å². The zero-order chi connectivity index (χ0) is 17.7. The molecule has 2 amide bonds. The van der Waals surface area contributed by atoms with E-state index in [2.05, 4.69) is 32.9 Å². The number of allylic oxidation sites excluding steroid dienone is 4. The highest BCUT2D eigenvalue weighted by atomic mass is 16.5. The quantitative estimate of drug-likeness (QED) is 0.621. The van der Waals surface area contributed by atoms with Gasteiger partial charge in [0.1, 0.15) is 5.75 Å². The van der Waals surface area contributed by atoms with Crippen LogP contribution in [-0.4, -0.2) is 18.4 Å². The molecule has 0 spiro atoms. The summed E-state index contributed by atoms with van der Waals surface area (Å²) in [6.07, 6.45) is 5.17. The summed E-state index contributed by atoms with van der Waals surface area (Å²) in [7, 11) is 0. The first-order valence-electron chi connectivity index (χ1n) is 9.01. The van der Waals surface area contributed by atoms with Crippen molar-refractivity contribution in [3.8, 4) is 5.75 Å². The molecule has 2 bridgehead atoms. The summed E-state index contributed by atoms with van der Waals surface area (Å²) >= 11 is 0. The molecule has 4 atom stereocenters. The number of imide groups is 1. The lowest BCUT2D eigenvalue weighted by molar-refractivity contribution is -0.122. The first-order chi connectivity index (χ1) is 12.0. The van der Waals surface area contributed by atoms with Gasteiger partial charge in [-0.2, -0.15) is 0 Å². The number of hydrogen-bond acceptors (Lipinski definition) is 3. The largest absolute Gasteiger partial charge is 0.494 e. The van der Waals surface area contributed by atoms with Crippen LogP contribution in [0.3, 0.4) is 0 Å². The molecule has 4 rings (SSSR count). The van der Waals surface area contributed by atoms with E-state index in [1.54, 1.807) is 12.1 Å². The van der Waals surface area contributed by atoms with E-state index in [1.807, 2.05) is 12.1 Å². The molecule has 4 heteroatoms. The number of amides is 2. The fraction of sp³-hybridized carbons (Fsp3) is 0.429. The Kier molecular flexibility index (Phi) is 3.78. The van der Waals surface area contributed by atoms with Crippen LogP contribution < -0.4 is 9.64 Å². The van der Waals surface area contributed by atoms with Gasteiger partial charge < -0.3 is 4.74 Å². The Hall–Kier alpha value is -2.36. The molecule has 4 nitrogen and oxygen atoms in total. The number of rotatable bonds is 4. The van der Waals surface area contributed by atoms with Gasteiger partial charge in [0.25, 0.3) is 0 Å². The molecular formula is C21H23NO3. The highest BCUT2D eigenvalue weighted by Gasteiger charge is 2.61. The minimum Gasteiger partial charge on any atom is -0.494 e. The van der Waals surface area contributed by atoms with Crippen LogP contribution >= 0.6 is 0 Å². The molecule has 1 aromatic rings. The lowest BCUT2D eigenvalue weighted by Crippen LogP contribution is -2.33. The Morgan fingerprint density at radius 3 is 2.04 bits per heavy atom. The van der Waals surface area contributed by atoms with Crippen molar-refractivity contribution in [2.24, 2.45) is 23.7 Å². The normalized spacial score (nSPS) is 29.6. The van der Waals surface area contributed by atoms with Gasteiger partial charge in [-0.1, -0.05) is 30.2 Å². The highest BCUT2D eigenvalue weighted by molar-refractivity contribution is 6.23. The lowest BCUT2D eigenvalue weighted by atomic mass is 9.85. The zero-order valence-corrected chi connectivity index (χ0v) is 14.9. The van der Waals surface area contributed by atoms with Crippen molar-refractivity contribution in [2.45, 2.75) is 27.2 Å². The Labute approximate surface area is 148 Å². The second-order valence-corrected chi connectivity index (χ2v) is 7.30. The summed E-state index contributed by atoms with van der Waals surface area (Å²) in [4.78, 5) is 27.4. The van der Waals surface area contributed by atoms with Gasteiger partial charge >= 0.3 is 0 Å². The molecule has 2 fully saturated rings. The van der Waals surface area contributed by atoms with Gasteiger partial charge in [-0.05, 0) is 44.5 Å². The van der Waals surface area contributed by atoms with E-state index in [4.69, 9.17) is 4.74 Å². The van der Waals surface area contributed by atoms with Crippen LogP contribution in [0.1, 0.15) is 27.2 Å². The number of benzene rings is 1. The summed E-state index contributed by atoms with van der Waals surface area (Å²) in [5, 5.41) is 0. The SMILES string of the molecule is CCCOc1ccc(N2C(=O)[C@@H]3[C@@H](C2=O)[C@H]2C=C[C@H]3C2=C(C)C)cc1. The molecular weight excluding hydrogens is 314 g/mol. The summed E-state index contributed by atoms with van der Waals surface area (Å²) in [5.41, 5.74) is 3.16. The number of anilines is 1. The molecule has 0 aromatic heterocycles. The molecule has 1 heterocycles. The average molecular weight is 337 g/mol. The van der Waals surface area contributed by atoms with Gasteiger partial charge in [-0.3, -0.25) is 9.59 Å². The van der Waals surface area contributed by atoms with Crippen molar-refractivity contribution in [3.63, 3.8) is 0 Å². The van der Waals surface area contributed by atoms with Crippen molar-refractivity contribution in [3.05, 3.63) is 47.6 Å². The lowest BCUT2D eigenvalue weighted by Gasteiger charge is -2.19. The fourth-order valence-electron chi connectivity index (χ4n) is 4.60. The van der Waals surface area contributed by atoms with Crippen molar-refractivity contribution in [2.75, 3.05) is 11.5 Å². The molecule has 0 N–H and O–H groups in total. The Balaban J connectivity index is 1.62. The molecule has 0 radical (unpaired) electrons. The van der Waals surface area contributed by atoms with Gasteiger partial charge in [-0.25, -0.2) is 4.90 Å². The van der Waals surface area contributed by atoms with Crippen LogP contribution in [-0.2, 0) is 9.59 Å². The molecule has 25 heavy (non-hydrogen) atoms. The second kappa shape index (κ2) is 5.87. The van der Waals surface area contributed by atoms with Crippen LogP contribution in [0.25, 0.3) is 0 Å². The van der Waals surface area contributed by atoms with Gasteiger partial charge in [0.05, 0.1) is 24.1 Å². The van der Waals surface area contributed by atoms with E-state index in [-0.39, 0.29) is 35.5 Å². The molecule has 1 saturated heterocycles. The van der Waals surface area contributed by atoms with Gasteiger partial charge in [0.15, 0.2) is 0 Å². The van der Waals surface area contributed by atoms with Gasteiger partial charge in [-0.15, -0.1) is 0 Å². The van der Waals surface area contributed by atoms with Crippen LogP contribution in [0.2, 0.25) is 0 Å². The predicted molar refractivity (Wildman–Crippen MR) is 96.2 cm³/mol. The van der Waals surface area contributed by atoms with Gasteiger partial charge in [0, 0.05) is 11.8 Å². The maximum atomic E-state index is 13.0. The molecule has 1 aliphatic heterocycles. The molecule has 0 unspecified atom stereocenters. The van der Waals surface area contributed by atoms with E-state index in [0.717, 1.165) is 12.2 Å². The van der Waals surface area contributed by atoms with E-state index in [9.17, 15) is 9.59 Å². The zero-order valence-electron chi connectivity index (χ0n) is 14.9. The van der Waals surface area contributed by atoms with E-state index in [1.165, 1.54) is 16.0 Å². The smallest absolute Gasteiger partial charge is 0.238 e. The van der Waals surface area contributed by atoms with Crippen LogP contribution in [0, 0.1) is 23.7 Å². The van der Waals surface area contributed by atoms with Crippen LogP contribution in [0.4, 0.5) is 5.69 Å². The first kappa shape index (κ1) is 16.1. The van der Waals surface area contributed by atoms with Crippen molar-refractivity contribution in [1.82, 2.24) is 0 Å². The maximum Gasteiger partial charge on any atom is 0.238 e. The predicted octanol–water partition coefficient (Wildman–Crippen LogP) is 3.73. The maximum absolute atomic E-state index is 13.0. The number of carbonyl (C=O) groups is 2. The first-order valence-corrected chi connectivity index (χ1v) is 9.01. The van der Waals surface area contributed by atoms with Crippen LogP contribution in [0.5, 0.6) is 5.75 Å². The monoisotopic (exact) mass is 337 g/mol. The molecule has 130 valence electrons. The fourth-order valence-corrected chi connectivity index (χ4v) is 4.60. The second-order valence-electron chi connectivity index (χ2n) is 7.30. The molecule has 1 aromatic carbocycles. The summed E-state index contributed by atoms with van der Waals surface area (Å²) in [6, 6.07) is 7.26. The highest BCUT2D eigenvalue weighted by Crippen LogP contribution is 2.57. The average Bonchev–Trinajstić information content (AvgIpc) is 3.24. The van der Waals surface area contributed by atoms with Crippen molar-refractivity contribution in [1.29, 1.82) is 0 Å². The molecule has 3 aliphatic rings. The third-order valence-electron chi connectivity index (χ3n) is 5.56. The number of ether oxygens (including phenoxy) is 1. The molecule has 1 saturated carbocycles. The van der Waals surface area contributed by atoms with Crippen molar-refractivity contribution < 1.29 is 14.3 Å². The van der Waals surface area contributed by atoms with Crippen molar-refractivity contribution >= 4 is 17.5 Å². The van der Waals surface area contributed by atoms with E-state index >= 15 is 0 Å². The Morgan fingerprint density at radius 2 is 1.56 bits per heavy atom. The van der Waals surface area contributed by atoms with Crippen LogP contribution in [0.15, 0.2) is 47.6 Å². The minimum atomic E-state index is -0.233.